The van der Waals surface area contributed by atoms with Crippen LogP contribution < -0.4 is 0 Å². The number of hydrogen-bond acceptors (Lipinski definition) is 4. The Morgan fingerprint density at radius 3 is 2.93 bits per heavy atom. The summed E-state index contributed by atoms with van der Waals surface area (Å²) in [6.45, 7) is 0.162. The fourth-order valence-electron chi connectivity index (χ4n) is 1.21. The van der Waals surface area contributed by atoms with Gasteiger partial charge in [-0.2, -0.15) is 5.10 Å². The van der Waals surface area contributed by atoms with Crippen LogP contribution in [0.25, 0.3) is 10.4 Å². The van der Waals surface area contributed by atoms with Crippen molar-refractivity contribution in [3.63, 3.8) is 0 Å². The minimum Gasteiger partial charge on any atom is -0.390 e. The molecule has 0 spiro atoms. The molecule has 1 heterocycles. The molecule has 1 aromatic heterocycles. The fraction of sp³-hybridized carbons (Fsp3) is 0.625. The van der Waals surface area contributed by atoms with E-state index in [-0.39, 0.29) is 13.0 Å². The summed E-state index contributed by atoms with van der Waals surface area (Å²) < 4.78 is 1.54. The molecule has 2 N–H and O–H groups in total. The molecule has 0 aliphatic heterocycles. The Morgan fingerprint density at radius 1 is 1.67 bits per heavy atom. The van der Waals surface area contributed by atoms with Crippen LogP contribution >= 0.6 is 0 Å². The predicted molar refractivity (Wildman–Crippen MR) is 52.8 cm³/mol. The summed E-state index contributed by atoms with van der Waals surface area (Å²) in [5.41, 5.74) is 8.59. The number of hydrogen-bond donors (Lipinski definition) is 2. The molecule has 0 fully saturated rings. The number of aromatic nitrogens is 2. The number of aliphatic hydroxyl groups is 2. The van der Waals surface area contributed by atoms with E-state index in [0.717, 1.165) is 0 Å². The standard InChI is InChI=1S/C8H13N5O2/c1-13-5-6(4-11-13)8(15)7(14)2-3-10-12-9/h4-5,7-8,14-15H,2-3H2,1H3. The van der Waals surface area contributed by atoms with Gasteiger partial charge in [-0.15, -0.1) is 0 Å². The first-order chi connectivity index (χ1) is 7.15. The molecule has 0 aliphatic carbocycles. The highest BCUT2D eigenvalue weighted by atomic mass is 16.3. The second-order valence-electron chi connectivity index (χ2n) is 3.20. The number of aliphatic hydroxyl groups excluding tert-OH is 2. The molecule has 7 nitrogen and oxygen atoms in total. The molecular weight excluding hydrogens is 198 g/mol. The van der Waals surface area contributed by atoms with Crippen LogP contribution in [-0.2, 0) is 7.05 Å². The molecule has 0 radical (unpaired) electrons. The van der Waals surface area contributed by atoms with Gasteiger partial charge in [-0.3, -0.25) is 4.68 Å². The van der Waals surface area contributed by atoms with Crippen LogP contribution in [0.4, 0.5) is 0 Å². The monoisotopic (exact) mass is 211 g/mol. The van der Waals surface area contributed by atoms with E-state index >= 15 is 0 Å². The van der Waals surface area contributed by atoms with E-state index in [1.165, 1.54) is 6.20 Å². The normalized spacial score (nSPS) is 14.3. The zero-order valence-corrected chi connectivity index (χ0v) is 8.35. The van der Waals surface area contributed by atoms with Gasteiger partial charge in [0.1, 0.15) is 6.10 Å². The SMILES string of the molecule is Cn1cc(C(O)C(O)CCN=[N+]=[N-])cn1. The zero-order valence-electron chi connectivity index (χ0n) is 8.35. The first-order valence-electron chi connectivity index (χ1n) is 4.50. The average molecular weight is 211 g/mol. The van der Waals surface area contributed by atoms with Crippen LogP contribution in [-0.4, -0.2) is 32.6 Å². The third kappa shape index (κ3) is 3.25. The van der Waals surface area contributed by atoms with Crippen LogP contribution in [0.15, 0.2) is 17.5 Å². The topological polar surface area (TPSA) is 107 Å². The van der Waals surface area contributed by atoms with Gasteiger partial charge in [0.25, 0.3) is 0 Å². The lowest BCUT2D eigenvalue weighted by molar-refractivity contribution is 0.0150. The summed E-state index contributed by atoms with van der Waals surface area (Å²) in [5.74, 6) is 0. The Balaban J connectivity index is 2.52. The molecule has 0 saturated carbocycles. The first kappa shape index (κ1) is 11.5. The molecule has 1 rings (SSSR count). The number of azide groups is 1. The number of rotatable bonds is 5. The Bertz CT molecular complexity index is 358. The van der Waals surface area contributed by atoms with E-state index in [9.17, 15) is 10.2 Å². The van der Waals surface area contributed by atoms with E-state index in [4.69, 9.17) is 5.53 Å². The van der Waals surface area contributed by atoms with Crippen molar-refractivity contribution in [1.82, 2.24) is 9.78 Å². The van der Waals surface area contributed by atoms with Crippen molar-refractivity contribution in [2.75, 3.05) is 6.54 Å². The molecule has 1 aromatic rings. The molecule has 2 unspecified atom stereocenters. The van der Waals surface area contributed by atoms with Gasteiger partial charge < -0.3 is 10.2 Å². The maximum atomic E-state index is 9.66. The van der Waals surface area contributed by atoms with Crippen LogP contribution in [0.2, 0.25) is 0 Å². The van der Waals surface area contributed by atoms with Gasteiger partial charge in [0.05, 0.1) is 12.3 Å². The van der Waals surface area contributed by atoms with Crippen LogP contribution in [0.5, 0.6) is 0 Å². The fourth-order valence-corrected chi connectivity index (χ4v) is 1.21. The number of nitrogens with zero attached hydrogens (tertiary/aromatic N) is 5. The highest BCUT2D eigenvalue weighted by Crippen LogP contribution is 2.17. The highest BCUT2D eigenvalue weighted by Gasteiger charge is 2.18. The largest absolute Gasteiger partial charge is 0.390 e. The van der Waals surface area contributed by atoms with Crippen molar-refractivity contribution in [3.05, 3.63) is 28.4 Å². The zero-order chi connectivity index (χ0) is 11.3. The van der Waals surface area contributed by atoms with Crippen molar-refractivity contribution < 1.29 is 10.2 Å². The van der Waals surface area contributed by atoms with Gasteiger partial charge in [0.15, 0.2) is 0 Å². The summed E-state index contributed by atoms with van der Waals surface area (Å²) in [7, 11) is 1.72. The second kappa shape index (κ2) is 5.35. The van der Waals surface area contributed by atoms with Crippen LogP contribution in [0, 0.1) is 0 Å². The van der Waals surface area contributed by atoms with Crippen molar-refractivity contribution in [1.29, 1.82) is 0 Å². The van der Waals surface area contributed by atoms with Crippen LogP contribution in [0.1, 0.15) is 18.1 Å². The second-order valence-corrected chi connectivity index (χ2v) is 3.20. The quantitative estimate of drug-likeness (QED) is 0.421. The maximum absolute atomic E-state index is 9.66. The maximum Gasteiger partial charge on any atom is 0.108 e. The third-order valence-corrected chi connectivity index (χ3v) is 2.02. The van der Waals surface area contributed by atoms with Gasteiger partial charge >= 0.3 is 0 Å². The smallest absolute Gasteiger partial charge is 0.108 e. The molecular formula is C8H13N5O2. The lowest BCUT2D eigenvalue weighted by atomic mass is 10.1. The molecule has 0 bridgehead atoms. The predicted octanol–water partition coefficient (Wildman–Crippen LogP) is 0.515. The van der Waals surface area contributed by atoms with Gasteiger partial charge in [-0.25, -0.2) is 0 Å². The first-order valence-corrected chi connectivity index (χ1v) is 4.50. The lowest BCUT2D eigenvalue weighted by Gasteiger charge is -2.14. The van der Waals surface area contributed by atoms with E-state index in [1.807, 2.05) is 0 Å². The molecule has 2 atom stereocenters. The van der Waals surface area contributed by atoms with Gasteiger partial charge in [-0.05, 0) is 12.0 Å². The summed E-state index contributed by atoms with van der Waals surface area (Å²) in [6, 6.07) is 0. The molecule has 0 saturated heterocycles. The van der Waals surface area contributed by atoms with E-state index in [1.54, 1.807) is 17.9 Å². The Labute approximate surface area is 86.6 Å². The third-order valence-electron chi connectivity index (χ3n) is 2.02. The van der Waals surface area contributed by atoms with Crippen LogP contribution in [0.3, 0.4) is 0 Å². The molecule has 0 aromatic carbocycles. The van der Waals surface area contributed by atoms with Crippen molar-refractivity contribution in [2.24, 2.45) is 12.2 Å². The van der Waals surface area contributed by atoms with Gasteiger partial charge in [-0.1, -0.05) is 5.11 Å². The Hall–Kier alpha value is -1.56. The summed E-state index contributed by atoms with van der Waals surface area (Å²) >= 11 is 0. The average Bonchev–Trinajstić information content (AvgIpc) is 2.64. The van der Waals surface area contributed by atoms with Gasteiger partial charge in [0.2, 0.25) is 0 Å². The molecule has 7 heteroatoms. The summed E-state index contributed by atoms with van der Waals surface area (Å²) in [6.07, 6.45) is 1.40. The highest BCUT2D eigenvalue weighted by molar-refractivity contribution is 5.09. The minimum absolute atomic E-state index is 0.162. The van der Waals surface area contributed by atoms with Crippen molar-refractivity contribution in [3.8, 4) is 0 Å². The van der Waals surface area contributed by atoms with E-state index in [2.05, 4.69) is 15.1 Å². The van der Waals surface area contributed by atoms with Gasteiger partial charge in [0, 0.05) is 30.3 Å². The molecule has 82 valence electrons. The Morgan fingerprint density at radius 2 is 2.40 bits per heavy atom. The molecule has 15 heavy (non-hydrogen) atoms. The summed E-state index contributed by atoms with van der Waals surface area (Å²) in [4.78, 5) is 2.56. The Kier molecular flexibility index (Phi) is 4.11. The van der Waals surface area contributed by atoms with E-state index < -0.39 is 12.2 Å². The van der Waals surface area contributed by atoms with Crippen molar-refractivity contribution in [2.45, 2.75) is 18.6 Å². The van der Waals surface area contributed by atoms with E-state index in [0.29, 0.717) is 5.56 Å². The molecule has 0 amide bonds. The lowest BCUT2D eigenvalue weighted by Crippen LogP contribution is -2.18. The minimum atomic E-state index is -0.993. The number of aryl methyl sites for hydroxylation is 1. The van der Waals surface area contributed by atoms with Crippen molar-refractivity contribution >= 4 is 0 Å². The molecule has 0 aliphatic rings. The summed E-state index contributed by atoms with van der Waals surface area (Å²) in [5, 5.41) is 26.4.